The van der Waals surface area contributed by atoms with Gasteiger partial charge in [0.25, 0.3) is 5.69 Å². The lowest BCUT2D eigenvalue weighted by Gasteiger charge is -2.28. The van der Waals surface area contributed by atoms with Crippen LogP contribution in [0.5, 0.6) is 0 Å². The molecule has 1 fully saturated rings. The summed E-state index contributed by atoms with van der Waals surface area (Å²) >= 11 is 0. The van der Waals surface area contributed by atoms with E-state index in [9.17, 15) is 23.5 Å². The summed E-state index contributed by atoms with van der Waals surface area (Å²) in [5, 5.41) is 19.7. The first-order valence-corrected chi connectivity index (χ1v) is 7.20. The maximum Gasteiger partial charge on any atom is 0.342 e. The summed E-state index contributed by atoms with van der Waals surface area (Å²) in [6.45, 7) is 0.640. The van der Waals surface area contributed by atoms with Crippen LogP contribution in [-0.4, -0.2) is 44.8 Å². The molecule has 1 saturated heterocycles. The number of halogens is 1. The van der Waals surface area contributed by atoms with Gasteiger partial charge in [-0.15, -0.1) is 0 Å². The predicted octanol–water partition coefficient (Wildman–Crippen LogP) is 1.00. The van der Waals surface area contributed by atoms with Gasteiger partial charge in [0.15, 0.2) is 5.82 Å². The average molecular weight is 302 g/mol. The van der Waals surface area contributed by atoms with Crippen LogP contribution in [0.25, 0.3) is 0 Å². The molecule has 0 amide bonds. The largest absolute Gasteiger partial charge is 0.477 e. The van der Waals surface area contributed by atoms with Crippen LogP contribution in [0, 0.1) is 15.9 Å². The number of carbonyl (C=O) groups is 1. The van der Waals surface area contributed by atoms with Crippen LogP contribution in [0.4, 0.5) is 15.8 Å². The van der Waals surface area contributed by atoms with Gasteiger partial charge in [-0.25, -0.2) is 9.18 Å². The number of nitro benzene ring substituents is 1. The highest BCUT2D eigenvalue weighted by Gasteiger charge is 2.26. The highest BCUT2D eigenvalue weighted by Crippen LogP contribution is 2.29. The molecule has 0 atom stereocenters. The van der Waals surface area contributed by atoms with Crippen molar-refractivity contribution in [1.29, 1.82) is 0 Å². The maximum absolute atomic E-state index is 13.9. The molecule has 0 aliphatic carbocycles. The van der Waals surface area contributed by atoms with E-state index in [1.54, 1.807) is 4.90 Å². The van der Waals surface area contributed by atoms with E-state index in [1.165, 1.54) is 0 Å². The lowest BCUT2D eigenvalue weighted by atomic mass is 10.1. The third-order valence-electron chi connectivity index (χ3n) is 3.01. The van der Waals surface area contributed by atoms with Crippen LogP contribution in [0.2, 0.25) is 0 Å². The molecule has 20 heavy (non-hydrogen) atoms. The van der Waals surface area contributed by atoms with Crippen molar-refractivity contribution < 1.29 is 23.4 Å². The Hall–Kier alpha value is -2.03. The number of carboxylic acids is 1. The minimum Gasteiger partial charge on any atom is -0.477 e. The molecule has 2 rings (SSSR count). The van der Waals surface area contributed by atoms with E-state index in [-0.39, 0.29) is 5.69 Å². The van der Waals surface area contributed by atoms with Crippen molar-refractivity contribution >= 4 is 28.1 Å². The Labute approximate surface area is 115 Å². The molecule has 1 aromatic carbocycles. The van der Waals surface area contributed by atoms with E-state index >= 15 is 0 Å². The highest BCUT2D eigenvalue weighted by molar-refractivity contribution is 7.85. The van der Waals surface area contributed by atoms with Crippen molar-refractivity contribution in [2.24, 2.45) is 0 Å². The van der Waals surface area contributed by atoms with Crippen LogP contribution in [0.3, 0.4) is 0 Å². The minimum absolute atomic E-state index is 0.00954. The molecule has 0 unspecified atom stereocenters. The summed E-state index contributed by atoms with van der Waals surface area (Å²) in [4.78, 5) is 22.4. The second-order valence-electron chi connectivity index (χ2n) is 4.22. The third-order valence-corrected chi connectivity index (χ3v) is 4.29. The fraction of sp³-hybridized carbons (Fsp3) is 0.364. The van der Waals surface area contributed by atoms with Crippen LogP contribution < -0.4 is 4.90 Å². The number of nitrogens with zero attached hydrogens (tertiary/aromatic N) is 2. The fourth-order valence-corrected chi connectivity index (χ4v) is 3.05. The lowest BCUT2D eigenvalue weighted by Crippen LogP contribution is -2.38. The molecule has 0 saturated carbocycles. The average Bonchev–Trinajstić information content (AvgIpc) is 2.39. The molecule has 1 heterocycles. The number of rotatable bonds is 3. The number of aromatic carboxylic acids is 1. The molecule has 1 aromatic rings. The van der Waals surface area contributed by atoms with Gasteiger partial charge in [-0.3, -0.25) is 14.3 Å². The van der Waals surface area contributed by atoms with Gasteiger partial charge in [-0.1, -0.05) is 0 Å². The summed E-state index contributed by atoms with van der Waals surface area (Å²) in [5.74, 6) is -1.62. The normalized spacial score (nSPS) is 16.1. The summed E-state index contributed by atoms with van der Waals surface area (Å²) < 4.78 is 25.2. The van der Waals surface area contributed by atoms with Gasteiger partial charge in [-0.05, 0) is 6.07 Å². The molecular formula is C11H11FN2O5S. The van der Waals surface area contributed by atoms with E-state index in [4.69, 9.17) is 5.11 Å². The van der Waals surface area contributed by atoms with Gasteiger partial charge >= 0.3 is 5.97 Å². The van der Waals surface area contributed by atoms with Gasteiger partial charge in [-0.2, -0.15) is 0 Å². The molecule has 1 aliphatic heterocycles. The molecule has 1 N–H and O–H groups in total. The number of carboxylic acid groups (broad SMARTS) is 1. The Balaban J connectivity index is 2.44. The molecule has 0 spiro atoms. The maximum atomic E-state index is 13.9. The van der Waals surface area contributed by atoms with Crippen molar-refractivity contribution in [1.82, 2.24) is 0 Å². The Bertz CT molecular complexity index is 597. The van der Waals surface area contributed by atoms with Crippen LogP contribution in [0.15, 0.2) is 12.1 Å². The van der Waals surface area contributed by atoms with E-state index in [2.05, 4.69) is 0 Å². The molecule has 108 valence electrons. The first-order chi connectivity index (χ1) is 9.40. The van der Waals surface area contributed by atoms with E-state index in [0.717, 1.165) is 6.07 Å². The first kappa shape index (κ1) is 14.4. The van der Waals surface area contributed by atoms with E-state index < -0.39 is 38.8 Å². The predicted molar refractivity (Wildman–Crippen MR) is 70.1 cm³/mol. The van der Waals surface area contributed by atoms with Gasteiger partial charge < -0.3 is 10.0 Å². The van der Waals surface area contributed by atoms with E-state index in [1.807, 2.05) is 0 Å². The second-order valence-corrected chi connectivity index (χ2v) is 5.91. The van der Waals surface area contributed by atoms with E-state index in [0.29, 0.717) is 30.7 Å². The SMILES string of the molecule is O=C(O)c1cc(N2CCS(=O)CC2)c(F)cc1[N+](=O)[O-]. The Kier molecular flexibility index (Phi) is 3.98. The van der Waals surface area contributed by atoms with Gasteiger partial charge in [0, 0.05) is 35.4 Å². The summed E-state index contributed by atoms with van der Waals surface area (Å²) in [6, 6.07) is 1.58. The number of hydrogen-bond donors (Lipinski definition) is 1. The Morgan fingerprint density at radius 1 is 1.40 bits per heavy atom. The molecule has 0 radical (unpaired) electrons. The molecule has 9 heteroatoms. The Morgan fingerprint density at radius 2 is 2.00 bits per heavy atom. The number of nitro groups is 1. The van der Waals surface area contributed by atoms with Gasteiger partial charge in [0.05, 0.1) is 16.7 Å². The number of benzene rings is 1. The zero-order valence-electron chi connectivity index (χ0n) is 10.2. The van der Waals surface area contributed by atoms with Crippen molar-refractivity contribution in [3.05, 3.63) is 33.6 Å². The van der Waals surface area contributed by atoms with Crippen LogP contribution >= 0.6 is 0 Å². The zero-order valence-corrected chi connectivity index (χ0v) is 11.1. The Morgan fingerprint density at radius 3 is 2.50 bits per heavy atom. The standard InChI is InChI=1S/C11H11FN2O5S/c12-8-6-9(14(17)18)7(11(15)16)5-10(8)13-1-3-20(19)4-2-13/h5-6H,1-4H2,(H,15,16). The van der Waals surface area contributed by atoms with Crippen molar-refractivity contribution in [3.63, 3.8) is 0 Å². The lowest BCUT2D eigenvalue weighted by molar-refractivity contribution is -0.385. The number of hydrogen-bond acceptors (Lipinski definition) is 5. The summed E-state index contributed by atoms with van der Waals surface area (Å²) in [7, 11) is -0.956. The van der Waals surface area contributed by atoms with Crippen molar-refractivity contribution in [2.45, 2.75) is 0 Å². The molecule has 0 bridgehead atoms. The van der Waals surface area contributed by atoms with Crippen LogP contribution in [-0.2, 0) is 10.8 Å². The zero-order chi connectivity index (χ0) is 14.9. The summed E-state index contributed by atoms with van der Waals surface area (Å²) in [6.07, 6.45) is 0. The van der Waals surface area contributed by atoms with Crippen molar-refractivity contribution in [3.8, 4) is 0 Å². The number of anilines is 1. The van der Waals surface area contributed by atoms with Crippen molar-refractivity contribution in [2.75, 3.05) is 29.5 Å². The monoisotopic (exact) mass is 302 g/mol. The quantitative estimate of drug-likeness (QED) is 0.660. The minimum atomic E-state index is -1.49. The van der Waals surface area contributed by atoms with Gasteiger partial charge in [0.1, 0.15) is 5.56 Å². The van der Waals surface area contributed by atoms with Crippen LogP contribution in [0.1, 0.15) is 10.4 Å². The second kappa shape index (κ2) is 5.53. The van der Waals surface area contributed by atoms with Gasteiger partial charge in [0.2, 0.25) is 0 Å². The molecule has 0 aromatic heterocycles. The summed E-state index contributed by atoms with van der Waals surface area (Å²) in [5.41, 5.74) is -1.35. The topological polar surface area (TPSA) is 101 Å². The third kappa shape index (κ3) is 2.77. The fourth-order valence-electron chi connectivity index (χ4n) is 1.99. The first-order valence-electron chi connectivity index (χ1n) is 5.71. The molecule has 1 aliphatic rings. The highest BCUT2D eigenvalue weighted by atomic mass is 32.2. The molecule has 7 nitrogen and oxygen atoms in total. The molecular weight excluding hydrogens is 291 g/mol. The smallest absolute Gasteiger partial charge is 0.342 e.